The molecule has 3 aromatic rings. The molecule has 2 aromatic heterocycles. The molecule has 0 fully saturated rings. The second-order valence-electron chi connectivity index (χ2n) is 5.06. The van der Waals surface area contributed by atoms with E-state index >= 15 is 0 Å². The molecule has 3 rings (SSSR count). The van der Waals surface area contributed by atoms with Crippen LogP contribution in [-0.2, 0) is 6.54 Å². The zero-order chi connectivity index (χ0) is 14.7. The largest absolute Gasteiger partial charge is 0.378 e. The number of aromatic nitrogens is 3. The van der Waals surface area contributed by atoms with Crippen LogP contribution in [0.4, 0.5) is 5.69 Å². The van der Waals surface area contributed by atoms with Crippen molar-refractivity contribution >= 4 is 5.69 Å². The van der Waals surface area contributed by atoms with Gasteiger partial charge in [0.2, 0.25) is 0 Å². The molecule has 0 bridgehead atoms. The van der Waals surface area contributed by atoms with Crippen LogP contribution in [-0.4, -0.2) is 14.5 Å². The molecule has 0 aliphatic heterocycles. The lowest BCUT2D eigenvalue weighted by molar-refractivity contribution is 0.929. The van der Waals surface area contributed by atoms with Gasteiger partial charge in [0.1, 0.15) is 5.82 Å². The molecule has 0 unspecified atom stereocenters. The summed E-state index contributed by atoms with van der Waals surface area (Å²) in [5.74, 6) is 1.80. The number of pyridine rings is 1. The maximum absolute atomic E-state index is 4.47. The Hall–Kier alpha value is -2.62. The fraction of sp³-hybridized carbons (Fsp3) is 0.176. The van der Waals surface area contributed by atoms with Gasteiger partial charge in [-0.25, -0.2) is 9.97 Å². The van der Waals surface area contributed by atoms with Crippen LogP contribution in [0.3, 0.4) is 0 Å². The third-order valence-corrected chi connectivity index (χ3v) is 3.44. The van der Waals surface area contributed by atoms with E-state index in [1.807, 2.05) is 29.8 Å². The molecule has 0 aliphatic rings. The number of aryl methyl sites for hydroxylation is 2. The van der Waals surface area contributed by atoms with Gasteiger partial charge in [0, 0.05) is 25.1 Å². The summed E-state index contributed by atoms with van der Waals surface area (Å²) in [6.07, 6.45) is 5.51. The van der Waals surface area contributed by atoms with Crippen molar-refractivity contribution in [2.75, 3.05) is 5.32 Å². The fourth-order valence-electron chi connectivity index (χ4n) is 2.23. The molecular formula is C17H18N4. The third-order valence-electron chi connectivity index (χ3n) is 3.44. The molecule has 4 nitrogen and oxygen atoms in total. The molecule has 0 spiro atoms. The molecule has 1 N–H and O–H groups in total. The van der Waals surface area contributed by atoms with E-state index in [9.17, 15) is 0 Å². The Labute approximate surface area is 124 Å². The predicted octanol–water partition coefficient (Wildman–Crippen LogP) is 3.50. The minimum Gasteiger partial charge on any atom is -0.378 e. The van der Waals surface area contributed by atoms with Crippen molar-refractivity contribution in [3.05, 3.63) is 71.9 Å². The Bertz CT molecular complexity index is 729. The molecule has 1 aromatic carbocycles. The van der Waals surface area contributed by atoms with Gasteiger partial charge in [0.05, 0.1) is 5.69 Å². The summed E-state index contributed by atoms with van der Waals surface area (Å²) in [6.45, 7) is 4.84. The van der Waals surface area contributed by atoms with Crippen molar-refractivity contribution in [1.82, 2.24) is 14.5 Å². The zero-order valence-electron chi connectivity index (χ0n) is 12.2. The lowest BCUT2D eigenvalue weighted by Crippen LogP contribution is -2.06. The van der Waals surface area contributed by atoms with Crippen LogP contribution in [0, 0.1) is 13.8 Å². The monoisotopic (exact) mass is 278 g/mol. The maximum atomic E-state index is 4.47. The topological polar surface area (TPSA) is 42.7 Å². The third kappa shape index (κ3) is 2.94. The van der Waals surface area contributed by atoms with Crippen molar-refractivity contribution in [2.24, 2.45) is 0 Å². The SMILES string of the molecule is Cc1ccc(CNc2cccnc2-n2ccnc2C)cc1. The molecule has 2 heterocycles. The van der Waals surface area contributed by atoms with E-state index in [2.05, 4.69) is 46.5 Å². The average Bonchev–Trinajstić information content (AvgIpc) is 2.93. The zero-order valence-corrected chi connectivity index (χ0v) is 12.2. The molecule has 0 saturated heterocycles. The minimum absolute atomic E-state index is 0.771. The van der Waals surface area contributed by atoms with Gasteiger partial charge < -0.3 is 5.32 Å². The van der Waals surface area contributed by atoms with Crippen LogP contribution >= 0.6 is 0 Å². The highest BCUT2D eigenvalue weighted by molar-refractivity contribution is 5.57. The van der Waals surface area contributed by atoms with Crippen LogP contribution in [0.15, 0.2) is 55.0 Å². The lowest BCUT2D eigenvalue weighted by atomic mass is 10.1. The van der Waals surface area contributed by atoms with E-state index in [0.29, 0.717) is 0 Å². The van der Waals surface area contributed by atoms with Gasteiger partial charge in [-0.3, -0.25) is 4.57 Å². The van der Waals surface area contributed by atoms with E-state index in [1.165, 1.54) is 11.1 Å². The molecular weight excluding hydrogens is 260 g/mol. The summed E-state index contributed by atoms with van der Waals surface area (Å²) in [5.41, 5.74) is 3.52. The Morgan fingerprint density at radius 2 is 1.81 bits per heavy atom. The first-order chi connectivity index (χ1) is 10.2. The summed E-state index contributed by atoms with van der Waals surface area (Å²) in [4.78, 5) is 8.73. The smallest absolute Gasteiger partial charge is 0.161 e. The Morgan fingerprint density at radius 3 is 2.52 bits per heavy atom. The molecule has 21 heavy (non-hydrogen) atoms. The van der Waals surface area contributed by atoms with Crippen molar-refractivity contribution in [3.63, 3.8) is 0 Å². The van der Waals surface area contributed by atoms with Gasteiger partial charge in [0.15, 0.2) is 5.82 Å². The first-order valence-electron chi connectivity index (χ1n) is 6.99. The quantitative estimate of drug-likeness (QED) is 0.794. The van der Waals surface area contributed by atoms with E-state index in [-0.39, 0.29) is 0 Å². The van der Waals surface area contributed by atoms with Gasteiger partial charge >= 0.3 is 0 Å². The molecule has 0 amide bonds. The number of nitrogens with one attached hydrogen (secondary N) is 1. The average molecular weight is 278 g/mol. The van der Waals surface area contributed by atoms with Crippen LogP contribution in [0.1, 0.15) is 17.0 Å². The van der Waals surface area contributed by atoms with E-state index < -0.39 is 0 Å². The highest BCUT2D eigenvalue weighted by Crippen LogP contribution is 2.19. The molecule has 4 heteroatoms. The Morgan fingerprint density at radius 1 is 1.00 bits per heavy atom. The predicted molar refractivity (Wildman–Crippen MR) is 84.6 cm³/mol. The van der Waals surface area contributed by atoms with E-state index in [0.717, 1.165) is 23.9 Å². The van der Waals surface area contributed by atoms with E-state index in [4.69, 9.17) is 0 Å². The molecule has 0 atom stereocenters. The molecule has 0 saturated carbocycles. The number of hydrogen-bond acceptors (Lipinski definition) is 3. The summed E-state index contributed by atoms with van der Waals surface area (Å²) in [7, 11) is 0. The van der Waals surface area contributed by atoms with Crippen LogP contribution in [0.5, 0.6) is 0 Å². The van der Waals surface area contributed by atoms with Crippen molar-refractivity contribution < 1.29 is 0 Å². The summed E-state index contributed by atoms with van der Waals surface area (Å²) >= 11 is 0. The van der Waals surface area contributed by atoms with Gasteiger partial charge in [-0.15, -0.1) is 0 Å². The van der Waals surface area contributed by atoms with Gasteiger partial charge in [-0.05, 0) is 31.5 Å². The molecule has 0 radical (unpaired) electrons. The van der Waals surface area contributed by atoms with Crippen molar-refractivity contribution in [1.29, 1.82) is 0 Å². The summed E-state index contributed by atoms with van der Waals surface area (Å²) in [5, 5.41) is 3.45. The first-order valence-corrected chi connectivity index (χ1v) is 6.99. The Balaban J connectivity index is 1.83. The normalized spacial score (nSPS) is 10.6. The second kappa shape index (κ2) is 5.79. The first kappa shape index (κ1) is 13.4. The Kier molecular flexibility index (Phi) is 3.69. The molecule has 106 valence electrons. The van der Waals surface area contributed by atoms with Gasteiger partial charge in [0.25, 0.3) is 0 Å². The van der Waals surface area contributed by atoms with Crippen LogP contribution < -0.4 is 5.32 Å². The minimum atomic E-state index is 0.771. The number of benzene rings is 1. The standard InChI is InChI=1S/C17H18N4/c1-13-5-7-15(8-6-13)12-20-16-4-3-9-19-17(16)21-11-10-18-14(21)2/h3-11,20H,12H2,1-2H3. The van der Waals surface area contributed by atoms with Crippen LogP contribution in [0.2, 0.25) is 0 Å². The summed E-state index contributed by atoms with van der Waals surface area (Å²) < 4.78 is 1.98. The lowest BCUT2D eigenvalue weighted by Gasteiger charge is -2.12. The van der Waals surface area contributed by atoms with Gasteiger partial charge in [-0.2, -0.15) is 0 Å². The van der Waals surface area contributed by atoms with Crippen molar-refractivity contribution in [3.8, 4) is 5.82 Å². The second-order valence-corrected chi connectivity index (χ2v) is 5.06. The number of anilines is 1. The van der Waals surface area contributed by atoms with Gasteiger partial charge in [-0.1, -0.05) is 29.8 Å². The van der Waals surface area contributed by atoms with Crippen LogP contribution in [0.25, 0.3) is 5.82 Å². The molecule has 0 aliphatic carbocycles. The summed E-state index contributed by atoms with van der Waals surface area (Å²) in [6, 6.07) is 12.5. The number of hydrogen-bond donors (Lipinski definition) is 1. The fourth-order valence-corrected chi connectivity index (χ4v) is 2.23. The highest BCUT2D eigenvalue weighted by atomic mass is 15.1. The van der Waals surface area contributed by atoms with Crippen molar-refractivity contribution in [2.45, 2.75) is 20.4 Å². The maximum Gasteiger partial charge on any atom is 0.161 e. The number of imidazole rings is 1. The highest BCUT2D eigenvalue weighted by Gasteiger charge is 2.07. The number of nitrogens with zero attached hydrogens (tertiary/aromatic N) is 3. The number of rotatable bonds is 4. The van der Waals surface area contributed by atoms with E-state index in [1.54, 1.807) is 12.4 Å².